The predicted molar refractivity (Wildman–Crippen MR) is 81.0 cm³/mol. The first kappa shape index (κ1) is 21.5. The summed E-state index contributed by atoms with van der Waals surface area (Å²) in [5.74, 6) is 9.01. The number of aliphatic carboxylic acids is 2. The molecule has 1 aromatic rings. The van der Waals surface area contributed by atoms with E-state index in [0.29, 0.717) is 0 Å². The summed E-state index contributed by atoms with van der Waals surface area (Å²) in [6, 6.07) is 7.29. The van der Waals surface area contributed by atoms with Crippen LogP contribution in [-0.4, -0.2) is 45.6 Å². The van der Waals surface area contributed by atoms with Crippen LogP contribution in [0, 0.1) is 23.7 Å². The smallest absolute Gasteiger partial charge is 0.300 e. The van der Waals surface area contributed by atoms with Crippen molar-refractivity contribution in [1.29, 1.82) is 0 Å². The van der Waals surface area contributed by atoms with Crippen molar-refractivity contribution in [2.45, 2.75) is 13.8 Å². The van der Waals surface area contributed by atoms with Gasteiger partial charge in [-0.1, -0.05) is 23.7 Å². The molecule has 22 heavy (non-hydrogen) atoms. The van der Waals surface area contributed by atoms with Crippen LogP contribution in [0.1, 0.15) is 25.0 Å². The summed E-state index contributed by atoms with van der Waals surface area (Å²) in [5.41, 5.74) is 1.68. The van der Waals surface area contributed by atoms with E-state index in [9.17, 15) is 0 Å². The molecule has 0 spiro atoms. The quantitative estimate of drug-likeness (QED) is 0.521. The summed E-state index contributed by atoms with van der Waals surface area (Å²) in [6.45, 7) is 1.90. The fraction of sp³-hybridized carbons (Fsp3) is 0.250. The second-order valence-electron chi connectivity index (χ2n) is 3.54. The van der Waals surface area contributed by atoms with E-state index in [1.54, 1.807) is 0 Å². The second-order valence-corrected chi connectivity index (χ2v) is 3.54. The summed E-state index contributed by atoms with van der Waals surface area (Å²) >= 11 is 0. The fourth-order valence-corrected chi connectivity index (χ4v) is 0.920. The van der Waals surface area contributed by atoms with Crippen LogP contribution >= 0.6 is 0 Å². The summed E-state index contributed by atoms with van der Waals surface area (Å²) in [5, 5.41) is 31.8. The third kappa shape index (κ3) is 19.5. The normalized spacial score (nSPS) is 7.45. The SMILES string of the molecule is CC(=O)O.CC(=O)O.OCC#Cc1ccc(C#CCO)cc1. The van der Waals surface area contributed by atoms with Gasteiger partial charge in [0, 0.05) is 25.0 Å². The Hall–Kier alpha value is -2.80. The number of carbonyl (C=O) groups is 2. The number of aliphatic hydroxyl groups excluding tert-OH is 2. The van der Waals surface area contributed by atoms with E-state index in [-0.39, 0.29) is 13.2 Å². The number of aliphatic hydroxyl groups is 2. The standard InChI is InChI=1S/C12H10O2.2C2H4O2/c13-9-1-3-11-5-7-12(8-6-11)4-2-10-14;2*1-2(3)4/h5-8,13-14H,9-10H2;2*1H3,(H,3,4). The first-order valence-corrected chi connectivity index (χ1v) is 6.02. The lowest BCUT2D eigenvalue weighted by Gasteiger charge is -1.90. The van der Waals surface area contributed by atoms with Crippen molar-refractivity contribution >= 4 is 11.9 Å². The highest BCUT2D eigenvalue weighted by molar-refractivity contribution is 5.63. The van der Waals surface area contributed by atoms with Crippen LogP contribution in [0.4, 0.5) is 0 Å². The molecule has 0 amide bonds. The molecule has 0 aliphatic heterocycles. The molecule has 0 aromatic heterocycles. The summed E-state index contributed by atoms with van der Waals surface area (Å²) in [6.07, 6.45) is 0. The zero-order chi connectivity index (χ0) is 17.4. The van der Waals surface area contributed by atoms with Crippen LogP contribution in [0.2, 0.25) is 0 Å². The Morgan fingerprint density at radius 1 is 0.818 bits per heavy atom. The molecule has 0 saturated heterocycles. The molecule has 1 aromatic carbocycles. The minimum atomic E-state index is -0.833. The van der Waals surface area contributed by atoms with Crippen LogP contribution < -0.4 is 0 Å². The van der Waals surface area contributed by atoms with Crippen molar-refractivity contribution in [1.82, 2.24) is 0 Å². The zero-order valence-electron chi connectivity index (χ0n) is 12.3. The first-order valence-electron chi connectivity index (χ1n) is 6.02. The molecule has 0 heterocycles. The Morgan fingerprint density at radius 2 is 1.05 bits per heavy atom. The van der Waals surface area contributed by atoms with E-state index in [1.807, 2.05) is 24.3 Å². The van der Waals surface area contributed by atoms with E-state index < -0.39 is 11.9 Å². The molecule has 0 unspecified atom stereocenters. The third-order valence-corrected chi connectivity index (χ3v) is 1.51. The van der Waals surface area contributed by atoms with Gasteiger partial charge in [0.15, 0.2) is 0 Å². The van der Waals surface area contributed by atoms with Gasteiger partial charge >= 0.3 is 0 Å². The first-order chi connectivity index (χ1) is 10.3. The van der Waals surface area contributed by atoms with Crippen LogP contribution in [0.15, 0.2) is 24.3 Å². The van der Waals surface area contributed by atoms with Crippen molar-refractivity contribution in [3.63, 3.8) is 0 Å². The average molecular weight is 306 g/mol. The maximum Gasteiger partial charge on any atom is 0.300 e. The molecule has 4 N–H and O–H groups in total. The zero-order valence-corrected chi connectivity index (χ0v) is 12.3. The Kier molecular flexibility index (Phi) is 14.3. The van der Waals surface area contributed by atoms with Crippen LogP contribution in [0.25, 0.3) is 0 Å². The molecule has 0 radical (unpaired) electrons. The maximum atomic E-state index is 9.00. The monoisotopic (exact) mass is 306 g/mol. The summed E-state index contributed by atoms with van der Waals surface area (Å²) < 4.78 is 0. The number of benzene rings is 1. The average Bonchev–Trinajstić information content (AvgIpc) is 2.43. The lowest BCUT2D eigenvalue weighted by molar-refractivity contribution is -0.135. The number of carboxylic acids is 2. The summed E-state index contributed by atoms with van der Waals surface area (Å²) in [7, 11) is 0. The van der Waals surface area contributed by atoms with Crippen molar-refractivity contribution in [2.75, 3.05) is 13.2 Å². The largest absolute Gasteiger partial charge is 0.481 e. The van der Waals surface area contributed by atoms with Crippen molar-refractivity contribution in [3.8, 4) is 23.7 Å². The van der Waals surface area contributed by atoms with E-state index in [1.165, 1.54) is 0 Å². The van der Waals surface area contributed by atoms with Crippen molar-refractivity contribution < 1.29 is 30.0 Å². The summed E-state index contributed by atoms with van der Waals surface area (Å²) in [4.78, 5) is 18.0. The number of hydrogen-bond donors (Lipinski definition) is 4. The Labute approximate surface area is 129 Å². The molecule has 0 bridgehead atoms. The molecule has 6 heteroatoms. The van der Waals surface area contributed by atoms with Gasteiger partial charge in [-0.05, 0) is 24.3 Å². The van der Waals surface area contributed by atoms with Crippen LogP contribution in [-0.2, 0) is 9.59 Å². The molecule has 118 valence electrons. The van der Waals surface area contributed by atoms with Gasteiger partial charge in [0.1, 0.15) is 13.2 Å². The molecular formula is C16H18O6. The second kappa shape index (κ2) is 14.6. The molecule has 0 aliphatic rings. The molecule has 0 saturated carbocycles. The van der Waals surface area contributed by atoms with Crippen LogP contribution in [0.3, 0.4) is 0 Å². The predicted octanol–water partition coefficient (Wildman–Crippen LogP) is 0.556. The number of carboxylic acid groups (broad SMARTS) is 2. The van der Waals surface area contributed by atoms with Gasteiger partial charge in [-0.15, -0.1) is 0 Å². The van der Waals surface area contributed by atoms with E-state index in [0.717, 1.165) is 25.0 Å². The minimum Gasteiger partial charge on any atom is -0.481 e. The fourth-order valence-electron chi connectivity index (χ4n) is 0.920. The highest BCUT2D eigenvalue weighted by Crippen LogP contribution is 2.01. The maximum absolute atomic E-state index is 9.00. The van der Waals surface area contributed by atoms with Gasteiger partial charge < -0.3 is 20.4 Å². The topological polar surface area (TPSA) is 115 Å². The lowest BCUT2D eigenvalue weighted by atomic mass is 10.1. The van der Waals surface area contributed by atoms with Crippen molar-refractivity contribution in [2.24, 2.45) is 0 Å². The Morgan fingerprint density at radius 3 is 1.23 bits per heavy atom. The highest BCUT2D eigenvalue weighted by Gasteiger charge is 1.87. The van der Waals surface area contributed by atoms with Gasteiger partial charge in [0.2, 0.25) is 0 Å². The Bertz CT molecular complexity index is 506. The molecule has 0 fully saturated rings. The van der Waals surface area contributed by atoms with Gasteiger partial charge in [0.25, 0.3) is 11.9 Å². The third-order valence-electron chi connectivity index (χ3n) is 1.51. The van der Waals surface area contributed by atoms with Gasteiger partial charge in [-0.2, -0.15) is 0 Å². The Balaban J connectivity index is 0. The van der Waals surface area contributed by atoms with Crippen molar-refractivity contribution in [3.05, 3.63) is 35.4 Å². The molecular weight excluding hydrogens is 288 g/mol. The molecule has 1 rings (SSSR count). The molecule has 0 atom stereocenters. The highest BCUT2D eigenvalue weighted by atomic mass is 16.4. The van der Waals surface area contributed by atoms with E-state index in [2.05, 4.69) is 23.7 Å². The molecule has 6 nitrogen and oxygen atoms in total. The van der Waals surface area contributed by atoms with Gasteiger partial charge in [0.05, 0.1) is 0 Å². The van der Waals surface area contributed by atoms with E-state index >= 15 is 0 Å². The van der Waals surface area contributed by atoms with Gasteiger partial charge in [-0.3, -0.25) is 9.59 Å². The number of rotatable bonds is 0. The van der Waals surface area contributed by atoms with Crippen LogP contribution in [0.5, 0.6) is 0 Å². The molecule has 0 aliphatic carbocycles. The lowest BCUT2D eigenvalue weighted by Crippen LogP contribution is -1.79. The minimum absolute atomic E-state index is 0.133. The number of hydrogen-bond acceptors (Lipinski definition) is 4. The van der Waals surface area contributed by atoms with Gasteiger partial charge in [-0.25, -0.2) is 0 Å². The van der Waals surface area contributed by atoms with E-state index in [4.69, 9.17) is 30.0 Å².